The van der Waals surface area contributed by atoms with Crippen molar-refractivity contribution in [3.8, 4) is 5.69 Å². The van der Waals surface area contributed by atoms with E-state index in [0.717, 1.165) is 16.8 Å². The molecular formula is C22H23N3O3S. The molecule has 2 heterocycles. The van der Waals surface area contributed by atoms with Crippen LogP contribution in [0.2, 0.25) is 0 Å². The SMILES string of the molecule is CC[C@@H](C(=O)Nc1c2c(nn1-c1ccc(C)cc1)CS(=O)(=O)C2)c1ccccc1. The molecule has 1 aliphatic rings. The minimum Gasteiger partial charge on any atom is -0.310 e. The van der Waals surface area contributed by atoms with Gasteiger partial charge in [-0.25, -0.2) is 13.1 Å². The highest BCUT2D eigenvalue weighted by Gasteiger charge is 2.34. The zero-order chi connectivity index (χ0) is 20.6. The van der Waals surface area contributed by atoms with E-state index in [1.807, 2.05) is 68.4 Å². The Hall–Kier alpha value is -2.93. The van der Waals surface area contributed by atoms with Crippen molar-refractivity contribution in [2.24, 2.45) is 0 Å². The summed E-state index contributed by atoms with van der Waals surface area (Å²) < 4.78 is 25.9. The lowest BCUT2D eigenvalue weighted by Gasteiger charge is -2.17. The summed E-state index contributed by atoms with van der Waals surface area (Å²) >= 11 is 0. The molecule has 0 bridgehead atoms. The van der Waals surface area contributed by atoms with E-state index in [9.17, 15) is 13.2 Å². The van der Waals surface area contributed by atoms with E-state index in [1.54, 1.807) is 4.68 Å². The summed E-state index contributed by atoms with van der Waals surface area (Å²) in [4.78, 5) is 13.1. The Morgan fingerprint density at radius 3 is 2.45 bits per heavy atom. The monoisotopic (exact) mass is 409 g/mol. The molecule has 150 valence electrons. The third-order valence-corrected chi connectivity index (χ3v) is 6.68. The predicted molar refractivity (Wildman–Crippen MR) is 113 cm³/mol. The second-order valence-corrected chi connectivity index (χ2v) is 9.48. The van der Waals surface area contributed by atoms with Gasteiger partial charge in [0.25, 0.3) is 0 Å². The maximum Gasteiger partial charge on any atom is 0.233 e. The maximum atomic E-state index is 13.1. The molecular weight excluding hydrogens is 386 g/mol. The number of carbonyl (C=O) groups excluding carboxylic acids is 1. The molecule has 1 amide bonds. The van der Waals surface area contributed by atoms with Crippen LogP contribution in [0.25, 0.3) is 5.69 Å². The van der Waals surface area contributed by atoms with Gasteiger partial charge in [0.1, 0.15) is 5.82 Å². The van der Waals surface area contributed by atoms with Crippen molar-refractivity contribution in [2.45, 2.75) is 37.7 Å². The van der Waals surface area contributed by atoms with Crippen LogP contribution >= 0.6 is 0 Å². The van der Waals surface area contributed by atoms with Gasteiger partial charge in [-0.05, 0) is 31.0 Å². The lowest BCUT2D eigenvalue weighted by atomic mass is 9.95. The molecule has 1 aliphatic heterocycles. The van der Waals surface area contributed by atoms with E-state index in [-0.39, 0.29) is 23.3 Å². The quantitative estimate of drug-likeness (QED) is 0.696. The van der Waals surface area contributed by atoms with E-state index >= 15 is 0 Å². The van der Waals surface area contributed by atoms with Crippen LogP contribution in [0.1, 0.15) is 41.6 Å². The Bertz CT molecular complexity index is 1150. The average molecular weight is 410 g/mol. The Kier molecular flexibility index (Phi) is 5.00. The number of nitrogens with zero attached hydrogens (tertiary/aromatic N) is 2. The molecule has 0 fully saturated rings. The van der Waals surface area contributed by atoms with Crippen molar-refractivity contribution >= 4 is 21.6 Å². The molecule has 7 heteroatoms. The van der Waals surface area contributed by atoms with E-state index < -0.39 is 9.84 Å². The first-order chi connectivity index (χ1) is 13.9. The van der Waals surface area contributed by atoms with Gasteiger partial charge in [-0.2, -0.15) is 5.10 Å². The second-order valence-electron chi connectivity index (χ2n) is 7.41. The highest BCUT2D eigenvalue weighted by molar-refractivity contribution is 7.90. The summed E-state index contributed by atoms with van der Waals surface area (Å²) in [6.07, 6.45) is 0.634. The normalized spacial score (nSPS) is 15.7. The largest absolute Gasteiger partial charge is 0.310 e. The number of fused-ring (bicyclic) bond motifs is 1. The molecule has 0 aliphatic carbocycles. The topological polar surface area (TPSA) is 81.1 Å². The number of rotatable bonds is 5. The maximum absolute atomic E-state index is 13.1. The van der Waals surface area contributed by atoms with Crippen LogP contribution in [-0.2, 0) is 26.1 Å². The molecule has 0 unspecified atom stereocenters. The summed E-state index contributed by atoms with van der Waals surface area (Å²) in [6, 6.07) is 17.3. The van der Waals surface area contributed by atoms with Gasteiger partial charge in [0.05, 0.1) is 28.8 Å². The number of aromatic nitrogens is 2. The third kappa shape index (κ3) is 3.82. The van der Waals surface area contributed by atoms with Gasteiger partial charge < -0.3 is 5.32 Å². The van der Waals surface area contributed by atoms with Gasteiger partial charge in [-0.15, -0.1) is 0 Å². The van der Waals surface area contributed by atoms with Crippen molar-refractivity contribution < 1.29 is 13.2 Å². The number of anilines is 1. The first-order valence-electron chi connectivity index (χ1n) is 9.62. The zero-order valence-electron chi connectivity index (χ0n) is 16.4. The minimum absolute atomic E-state index is 0.0973. The van der Waals surface area contributed by atoms with Gasteiger partial charge in [0.15, 0.2) is 9.84 Å². The molecule has 2 aromatic carbocycles. The fraction of sp³-hybridized carbons (Fsp3) is 0.273. The van der Waals surface area contributed by atoms with Crippen LogP contribution in [0.4, 0.5) is 5.82 Å². The Morgan fingerprint density at radius 1 is 1.10 bits per heavy atom. The molecule has 0 saturated carbocycles. The van der Waals surface area contributed by atoms with Crippen LogP contribution in [0.5, 0.6) is 0 Å². The standard InChI is InChI=1S/C22H23N3O3S/c1-3-18(16-7-5-4-6-8-16)22(26)23-21-19-13-29(27,28)14-20(19)24-25(21)17-11-9-15(2)10-12-17/h4-12,18H,3,13-14H2,1-2H3,(H,23,26)/t18-/m1/s1. The summed E-state index contributed by atoms with van der Waals surface area (Å²) in [5, 5.41) is 7.51. The molecule has 0 radical (unpaired) electrons. The van der Waals surface area contributed by atoms with Gasteiger partial charge in [0.2, 0.25) is 5.91 Å². The van der Waals surface area contributed by atoms with Gasteiger partial charge in [0, 0.05) is 5.56 Å². The minimum atomic E-state index is -3.23. The number of sulfone groups is 1. The molecule has 1 N–H and O–H groups in total. The number of amides is 1. The fourth-order valence-corrected chi connectivity index (χ4v) is 5.20. The van der Waals surface area contributed by atoms with Crippen molar-refractivity contribution in [3.05, 3.63) is 77.0 Å². The third-order valence-electron chi connectivity index (χ3n) is 5.23. The lowest BCUT2D eigenvalue weighted by Crippen LogP contribution is -2.23. The second kappa shape index (κ2) is 7.48. The summed E-state index contributed by atoms with van der Waals surface area (Å²) in [5.74, 6) is -0.249. The number of hydrogen-bond acceptors (Lipinski definition) is 4. The van der Waals surface area contributed by atoms with Crippen LogP contribution in [-0.4, -0.2) is 24.1 Å². The van der Waals surface area contributed by atoms with Crippen molar-refractivity contribution in [1.29, 1.82) is 0 Å². The molecule has 3 aromatic rings. The molecule has 6 nitrogen and oxygen atoms in total. The van der Waals surface area contributed by atoms with Crippen molar-refractivity contribution in [3.63, 3.8) is 0 Å². The number of nitrogens with one attached hydrogen (secondary N) is 1. The van der Waals surface area contributed by atoms with Gasteiger partial charge in [-0.3, -0.25) is 4.79 Å². The number of carbonyl (C=O) groups is 1. The number of aryl methyl sites for hydroxylation is 1. The fourth-order valence-electron chi connectivity index (χ4n) is 3.71. The summed E-state index contributed by atoms with van der Waals surface area (Å²) in [6.45, 7) is 3.96. The van der Waals surface area contributed by atoms with Crippen LogP contribution in [0.3, 0.4) is 0 Å². The molecule has 0 saturated heterocycles. The Labute approximate surface area is 170 Å². The molecule has 0 spiro atoms. The molecule has 4 rings (SSSR count). The zero-order valence-corrected chi connectivity index (χ0v) is 17.2. The van der Waals surface area contributed by atoms with Gasteiger partial charge in [-0.1, -0.05) is 55.0 Å². The predicted octanol–water partition coefficient (Wildman–Crippen LogP) is 3.74. The first-order valence-corrected chi connectivity index (χ1v) is 11.4. The number of hydrogen-bond donors (Lipinski definition) is 1. The van der Waals surface area contributed by atoms with E-state index in [2.05, 4.69) is 10.4 Å². The van der Waals surface area contributed by atoms with Gasteiger partial charge >= 0.3 is 0 Å². The van der Waals surface area contributed by atoms with Crippen molar-refractivity contribution in [2.75, 3.05) is 5.32 Å². The Balaban J connectivity index is 1.74. The number of benzene rings is 2. The molecule has 1 atom stereocenters. The highest BCUT2D eigenvalue weighted by atomic mass is 32.2. The average Bonchev–Trinajstić information content (AvgIpc) is 3.16. The smallest absolute Gasteiger partial charge is 0.233 e. The van der Waals surface area contributed by atoms with E-state index in [4.69, 9.17) is 0 Å². The van der Waals surface area contributed by atoms with Crippen molar-refractivity contribution in [1.82, 2.24) is 9.78 Å². The van der Waals surface area contributed by atoms with Crippen LogP contribution < -0.4 is 5.32 Å². The summed E-state index contributed by atoms with van der Waals surface area (Å²) in [5.41, 5.74) is 3.91. The Morgan fingerprint density at radius 2 is 1.79 bits per heavy atom. The lowest BCUT2D eigenvalue weighted by molar-refractivity contribution is -0.117. The van der Waals surface area contributed by atoms with Crippen LogP contribution in [0, 0.1) is 6.92 Å². The first kappa shape index (κ1) is 19.4. The van der Waals surface area contributed by atoms with E-state index in [1.165, 1.54) is 0 Å². The molecule has 29 heavy (non-hydrogen) atoms. The van der Waals surface area contributed by atoms with E-state index in [0.29, 0.717) is 23.5 Å². The van der Waals surface area contributed by atoms with Crippen LogP contribution in [0.15, 0.2) is 54.6 Å². The summed E-state index contributed by atoms with van der Waals surface area (Å²) in [7, 11) is -3.23. The molecule has 1 aromatic heterocycles. The highest BCUT2D eigenvalue weighted by Crippen LogP contribution is 2.34.